The Morgan fingerprint density at radius 2 is 1.66 bits per heavy atom. The molecule has 4 aromatic rings. The van der Waals surface area contributed by atoms with E-state index in [1.165, 1.54) is 0 Å². The number of carbonyl (C=O) groups excluding carboxylic acids is 1. The summed E-state index contributed by atoms with van der Waals surface area (Å²) in [5.41, 5.74) is 2.56. The molecule has 1 aliphatic carbocycles. The molecule has 0 atom stereocenters. The number of nitrogens with two attached hydrogens (primary N) is 1. The van der Waals surface area contributed by atoms with Crippen LogP contribution in [0.1, 0.15) is 26.7 Å². The Bertz CT molecular complexity index is 1320. The number of carbonyl (C=O) groups is 1. The van der Waals surface area contributed by atoms with Crippen molar-refractivity contribution in [2.24, 2.45) is 11.1 Å². The van der Waals surface area contributed by atoms with Crippen LogP contribution in [0.5, 0.6) is 17.2 Å². The van der Waals surface area contributed by atoms with Gasteiger partial charge in [-0.25, -0.2) is 0 Å². The fraction of sp³-hybridized carbons (Fsp3) is 0.286. The van der Waals surface area contributed by atoms with E-state index in [9.17, 15) is 4.79 Å². The molecule has 0 aliphatic heterocycles. The number of rotatable bonds is 8. The number of fused-ring (bicyclic) bond motifs is 1. The van der Waals surface area contributed by atoms with Gasteiger partial charge in [-0.05, 0) is 61.2 Å². The lowest BCUT2D eigenvalue weighted by atomic mass is 10.2. The van der Waals surface area contributed by atoms with Gasteiger partial charge in [-0.1, -0.05) is 26.0 Å². The number of para-hydroxylation sites is 1. The minimum Gasteiger partial charge on any atom is -0.497 e. The number of anilines is 3. The minimum absolute atomic E-state index is 0.134. The van der Waals surface area contributed by atoms with Crippen LogP contribution in [0.15, 0.2) is 65.6 Å². The van der Waals surface area contributed by atoms with Gasteiger partial charge >= 0.3 is 0 Å². The molecule has 0 spiro atoms. The number of hydrogen-bond acceptors (Lipinski definition) is 8. The first-order chi connectivity index (χ1) is 18.6. The topological polar surface area (TPSA) is 124 Å². The zero-order valence-corrected chi connectivity index (χ0v) is 23.1. The highest BCUT2D eigenvalue weighted by molar-refractivity contribution is 7.97. The van der Waals surface area contributed by atoms with E-state index in [4.69, 9.17) is 19.3 Å². The molecule has 202 valence electrons. The minimum atomic E-state index is 0.134. The first-order valence-electron chi connectivity index (χ1n) is 12.3. The largest absolute Gasteiger partial charge is 0.497 e. The molecule has 5 N–H and O–H groups in total. The van der Waals surface area contributed by atoms with E-state index in [2.05, 4.69) is 20.8 Å². The standard InChI is InChI=1S/C15H16N4O2S.C11H13NO2.C2H6/c1-20-12-8-14(22-16)13(21-2)7-11(12)17-15-9-5-3-4-6-10(9)18-19-15;1-14-10-6-4-9(5-7-10)12-11(13)8-2-3-8;1-2/h3-8H,16H2,1-2H3,(H2,17,18,19);4-8H,2-3H2,1H3,(H,12,13);1-2H3. The number of nitrogens with one attached hydrogen (secondary N) is 3. The van der Waals surface area contributed by atoms with Gasteiger partial charge in [0.2, 0.25) is 5.91 Å². The molecular weight excluding hydrogens is 502 g/mol. The van der Waals surface area contributed by atoms with E-state index < -0.39 is 0 Å². The molecule has 9 nitrogen and oxygen atoms in total. The number of aromatic nitrogens is 2. The van der Waals surface area contributed by atoms with Crippen LogP contribution in [-0.4, -0.2) is 37.4 Å². The van der Waals surface area contributed by atoms with Crippen molar-refractivity contribution >= 4 is 46.0 Å². The summed E-state index contributed by atoms with van der Waals surface area (Å²) in [6.07, 6.45) is 2.06. The Morgan fingerprint density at radius 1 is 0.974 bits per heavy atom. The average molecular weight is 538 g/mol. The van der Waals surface area contributed by atoms with E-state index in [0.29, 0.717) is 11.5 Å². The number of amides is 1. The van der Waals surface area contributed by atoms with Gasteiger partial charge in [-0.15, -0.1) is 0 Å². The van der Waals surface area contributed by atoms with Gasteiger partial charge in [0, 0.05) is 29.1 Å². The monoisotopic (exact) mass is 537 g/mol. The molecule has 5 rings (SSSR count). The second-order valence-corrected chi connectivity index (χ2v) is 8.73. The summed E-state index contributed by atoms with van der Waals surface area (Å²) < 4.78 is 15.8. The first kappa shape index (κ1) is 28.7. The summed E-state index contributed by atoms with van der Waals surface area (Å²) in [6.45, 7) is 4.00. The molecule has 10 heteroatoms. The second-order valence-electron chi connectivity index (χ2n) is 8.06. The maximum atomic E-state index is 11.4. The third-order valence-corrected chi connectivity index (χ3v) is 6.21. The van der Waals surface area contributed by atoms with Crippen LogP contribution < -0.4 is 30.0 Å². The Kier molecular flexibility index (Phi) is 10.7. The molecule has 1 saturated carbocycles. The van der Waals surface area contributed by atoms with Crippen molar-refractivity contribution < 1.29 is 19.0 Å². The van der Waals surface area contributed by atoms with Crippen molar-refractivity contribution in [3.05, 3.63) is 60.7 Å². The van der Waals surface area contributed by atoms with Crippen LogP contribution >= 0.6 is 11.9 Å². The van der Waals surface area contributed by atoms with E-state index in [1.54, 1.807) is 21.3 Å². The van der Waals surface area contributed by atoms with Gasteiger partial charge in [0.25, 0.3) is 0 Å². The quantitative estimate of drug-likeness (QED) is 0.192. The van der Waals surface area contributed by atoms with Crippen molar-refractivity contribution in [1.82, 2.24) is 10.2 Å². The SMILES string of the molecule is CC.COc1cc(SN)c(OC)cc1Nc1n[nH]c2ccccc12.COc1ccc(NC(=O)C2CC2)cc1. The van der Waals surface area contributed by atoms with Crippen LogP contribution in [0.3, 0.4) is 0 Å². The molecular formula is C28H35N5O4S. The summed E-state index contributed by atoms with van der Waals surface area (Å²) in [4.78, 5) is 12.2. The maximum absolute atomic E-state index is 11.4. The lowest BCUT2D eigenvalue weighted by Gasteiger charge is -2.14. The van der Waals surface area contributed by atoms with Crippen molar-refractivity contribution in [3.63, 3.8) is 0 Å². The second kappa shape index (κ2) is 14.2. The fourth-order valence-corrected chi connectivity index (χ4v) is 3.94. The third-order valence-electron chi connectivity index (χ3n) is 5.64. The summed E-state index contributed by atoms with van der Waals surface area (Å²) in [5.74, 6) is 3.25. The lowest BCUT2D eigenvalue weighted by molar-refractivity contribution is -0.117. The van der Waals surface area contributed by atoms with E-state index >= 15 is 0 Å². The van der Waals surface area contributed by atoms with E-state index in [1.807, 2.05) is 74.5 Å². The van der Waals surface area contributed by atoms with Crippen molar-refractivity contribution in [2.75, 3.05) is 32.0 Å². The highest BCUT2D eigenvalue weighted by Gasteiger charge is 2.29. The fourth-order valence-electron chi connectivity index (χ4n) is 3.51. The number of benzene rings is 3. The van der Waals surface area contributed by atoms with Crippen LogP contribution in [0.25, 0.3) is 10.9 Å². The molecule has 0 saturated heterocycles. The average Bonchev–Trinajstić information content (AvgIpc) is 3.76. The molecule has 0 bridgehead atoms. The number of aromatic amines is 1. The van der Waals surface area contributed by atoms with Crippen LogP contribution in [0.4, 0.5) is 17.2 Å². The third kappa shape index (κ3) is 7.33. The summed E-state index contributed by atoms with van der Waals surface area (Å²) in [7, 11) is 4.84. The highest BCUT2D eigenvalue weighted by Crippen LogP contribution is 2.38. The molecule has 3 aromatic carbocycles. The zero-order chi connectivity index (χ0) is 27.5. The van der Waals surface area contributed by atoms with Gasteiger partial charge in [0.05, 0.1) is 37.4 Å². The zero-order valence-electron chi connectivity index (χ0n) is 22.3. The Balaban J connectivity index is 0.000000215. The number of H-pyrrole nitrogens is 1. The van der Waals surface area contributed by atoms with Gasteiger partial charge in [0.15, 0.2) is 5.82 Å². The number of methoxy groups -OCH3 is 3. The molecule has 1 amide bonds. The van der Waals surface area contributed by atoms with Crippen molar-refractivity contribution in [2.45, 2.75) is 31.6 Å². The number of ether oxygens (including phenoxy) is 3. The molecule has 1 heterocycles. The van der Waals surface area contributed by atoms with Crippen molar-refractivity contribution in [3.8, 4) is 17.2 Å². The van der Waals surface area contributed by atoms with E-state index in [-0.39, 0.29) is 11.8 Å². The smallest absolute Gasteiger partial charge is 0.227 e. The maximum Gasteiger partial charge on any atom is 0.227 e. The number of hydrogen-bond donors (Lipinski definition) is 4. The normalized spacial score (nSPS) is 11.8. The van der Waals surface area contributed by atoms with Crippen LogP contribution in [-0.2, 0) is 4.79 Å². The van der Waals surface area contributed by atoms with E-state index in [0.717, 1.165) is 63.5 Å². The summed E-state index contributed by atoms with van der Waals surface area (Å²) >= 11 is 1.11. The van der Waals surface area contributed by atoms with Crippen LogP contribution in [0, 0.1) is 5.92 Å². The predicted molar refractivity (Wildman–Crippen MR) is 155 cm³/mol. The molecule has 1 fully saturated rings. The predicted octanol–water partition coefficient (Wildman–Crippen LogP) is 6.36. The molecule has 38 heavy (non-hydrogen) atoms. The Labute approximate surface area is 227 Å². The number of nitrogens with zero attached hydrogens (tertiary/aromatic N) is 1. The van der Waals surface area contributed by atoms with Crippen LogP contribution in [0.2, 0.25) is 0 Å². The Morgan fingerprint density at radius 3 is 2.26 bits per heavy atom. The van der Waals surface area contributed by atoms with Crippen molar-refractivity contribution in [1.29, 1.82) is 0 Å². The molecule has 0 radical (unpaired) electrons. The lowest BCUT2D eigenvalue weighted by Crippen LogP contribution is -2.12. The summed E-state index contributed by atoms with van der Waals surface area (Å²) in [5, 5.41) is 20.1. The molecule has 0 unspecified atom stereocenters. The molecule has 1 aromatic heterocycles. The summed E-state index contributed by atoms with van der Waals surface area (Å²) in [6, 6.07) is 18.9. The van der Waals surface area contributed by atoms with Gasteiger partial charge < -0.3 is 24.8 Å². The highest BCUT2D eigenvalue weighted by atomic mass is 32.2. The van der Waals surface area contributed by atoms with Gasteiger partial charge in [-0.2, -0.15) is 5.10 Å². The Hall–Kier alpha value is -3.89. The van der Waals surface area contributed by atoms with Gasteiger partial charge in [0.1, 0.15) is 17.2 Å². The first-order valence-corrected chi connectivity index (χ1v) is 13.2. The molecule has 1 aliphatic rings. The van der Waals surface area contributed by atoms with Gasteiger partial charge in [-0.3, -0.25) is 15.0 Å².